The molecule has 2 rings (SSSR count). The van der Waals surface area contributed by atoms with Crippen molar-refractivity contribution in [3.8, 4) is 5.75 Å². The van der Waals surface area contributed by atoms with Gasteiger partial charge in [-0.3, -0.25) is 4.68 Å². The summed E-state index contributed by atoms with van der Waals surface area (Å²) in [5, 5.41) is 15.4. The number of benzene rings is 1. The van der Waals surface area contributed by atoms with Crippen molar-refractivity contribution < 1.29 is 9.84 Å². The van der Waals surface area contributed by atoms with Crippen molar-refractivity contribution in [2.75, 3.05) is 7.11 Å². The van der Waals surface area contributed by atoms with Gasteiger partial charge in [-0.1, -0.05) is 41.1 Å². The van der Waals surface area contributed by atoms with Gasteiger partial charge in [0.05, 0.1) is 13.3 Å². The van der Waals surface area contributed by atoms with E-state index >= 15 is 0 Å². The van der Waals surface area contributed by atoms with E-state index in [1.165, 1.54) is 0 Å². The first-order chi connectivity index (χ1) is 9.52. The smallest absolute Gasteiger partial charge is 0.163 e. The molecule has 2 aromatic rings. The molecule has 0 aliphatic heterocycles. The lowest BCUT2D eigenvalue weighted by Crippen LogP contribution is -2.28. The maximum absolute atomic E-state index is 11.1. The fraction of sp³-hybridized carbons (Fsp3) is 0.400. The molecule has 1 heterocycles. The summed E-state index contributed by atoms with van der Waals surface area (Å²) in [6, 6.07) is 7.63. The van der Waals surface area contributed by atoms with E-state index < -0.39 is 5.60 Å². The standard InChI is InChI=1S/C15H19BrN2O2/c1-4-9-18-14(13(20-3)10-17-18)15(2,19)11-7-5-6-8-12(11)16/h5-8,10,19H,4,9H2,1-3H3. The number of hydrogen-bond donors (Lipinski definition) is 1. The van der Waals surface area contributed by atoms with Gasteiger partial charge < -0.3 is 9.84 Å². The van der Waals surface area contributed by atoms with Gasteiger partial charge in [-0.15, -0.1) is 0 Å². The minimum atomic E-state index is -1.18. The molecule has 0 aliphatic carbocycles. The van der Waals surface area contributed by atoms with E-state index in [0.717, 1.165) is 23.0 Å². The molecule has 0 saturated heterocycles. The van der Waals surface area contributed by atoms with E-state index in [4.69, 9.17) is 4.74 Å². The Morgan fingerprint density at radius 2 is 2.10 bits per heavy atom. The first kappa shape index (κ1) is 15.1. The van der Waals surface area contributed by atoms with Gasteiger partial charge in [-0.05, 0) is 19.4 Å². The Bertz CT molecular complexity index is 593. The Kier molecular flexibility index (Phi) is 4.50. The highest BCUT2D eigenvalue weighted by Gasteiger charge is 2.34. The van der Waals surface area contributed by atoms with Gasteiger partial charge in [0.25, 0.3) is 0 Å². The van der Waals surface area contributed by atoms with Gasteiger partial charge in [-0.25, -0.2) is 0 Å². The van der Waals surface area contributed by atoms with Crippen molar-refractivity contribution in [3.05, 3.63) is 46.2 Å². The molecular weight excluding hydrogens is 320 g/mol. The Balaban J connectivity index is 2.59. The molecule has 1 N–H and O–H groups in total. The number of methoxy groups -OCH3 is 1. The van der Waals surface area contributed by atoms with E-state index in [0.29, 0.717) is 11.4 Å². The molecule has 0 spiro atoms. The Hall–Kier alpha value is -1.33. The van der Waals surface area contributed by atoms with Crippen molar-refractivity contribution in [2.24, 2.45) is 0 Å². The third kappa shape index (κ3) is 2.60. The minimum absolute atomic E-state index is 0.596. The predicted molar refractivity (Wildman–Crippen MR) is 81.9 cm³/mol. The van der Waals surface area contributed by atoms with Crippen LogP contribution >= 0.6 is 15.9 Å². The van der Waals surface area contributed by atoms with Crippen molar-refractivity contribution in [1.82, 2.24) is 9.78 Å². The van der Waals surface area contributed by atoms with Crippen molar-refractivity contribution >= 4 is 15.9 Å². The molecule has 1 atom stereocenters. The second-order valence-corrected chi connectivity index (χ2v) is 5.69. The molecular formula is C15H19BrN2O2. The zero-order valence-corrected chi connectivity index (χ0v) is 13.5. The lowest BCUT2D eigenvalue weighted by atomic mass is 9.92. The molecule has 1 aromatic heterocycles. The largest absolute Gasteiger partial charge is 0.493 e. The summed E-state index contributed by atoms with van der Waals surface area (Å²) >= 11 is 3.50. The van der Waals surface area contributed by atoms with Crippen LogP contribution in [-0.4, -0.2) is 22.0 Å². The maximum Gasteiger partial charge on any atom is 0.163 e. The molecule has 0 aliphatic rings. The molecule has 0 bridgehead atoms. The van der Waals surface area contributed by atoms with Crippen LogP contribution in [0.25, 0.3) is 0 Å². The van der Waals surface area contributed by atoms with Crippen molar-refractivity contribution in [2.45, 2.75) is 32.4 Å². The fourth-order valence-corrected chi connectivity index (χ4v) is 3.04. The topological polar surface area (TPSA) is 47.3 Å². The molecule has 0 saturated carbocycles. The highest BCUT2D eigenvalue weighted by atomic mass is 79.9. The second kappa shape index (κ2) is 5.97. The van der Waals surface area contributed by atoms with Gasteiger partial charge in [-0.2, -0.15) is 5.10 Å². The minimum Gasteiger partial charge on any atom is -0.493 e. The summed E-state index contributed by atoms with van der Waals surface area (Å²) in [5.74, 6) is 0.596. The van der Waals surface area contributed by atoms with E-state index in [1.807, 2.05) is 24.3 Å². The SMILES string of the molecule is CCCn1ncc(OC)c1C(C)(O)c1ccccc1Br. The number of hydrogen-bond acceptors (Lipinski definition) is 3. The third-order valence-electron chi connectivity index (χ3n) is 3.32. The summed E-state index contributed by atoms with van der Waals surface area (Å²) in [6.45, 7) is 4.57. The van der Waals surface area contributed by atoms with Crippen LogP contribution in [0.5, 0.6) is 5.75 Å². The van der Waals surface area contributed by atoms with Crippen LogP contribution < -0.4 is 4.74 Å². The number of rotatable bonds is 5. The van der Waals surface area contributed by atoms with Crippen LogP contribution in [0, 0.1) is 0 Å². The van der Waals surface area contributed by atoms with Crippen LogP contribution in [0.15, 0.2) is 34.9 Å². The summed E-state index contributed by atoms with van der Waals surface area (Å²) < 4.78 is 8.02. The van der Waals surface area contributed by atoms with Crippen molar-refractivity contribution in [1.29, 1.82) is 0 Å². The van der Waals surface area contributed by atoms with Gasteiger partial charge in [0, 0.05) is 16.6 Å². The molecule has 4 nitrogen and oxygen atoms in total. The molecule has 1 aromatic carbocycles. The normalized spacial score (nSPS) is 14.1. The summed E-state index contributed by atoms with van der Waals surface area (Å²) in [6.07, 6.45) is 2.58. The third-order valence-corrected chi connectivity index (χ3v) is 4.01. The monoisotopic (exact) mass is 338 g/mol. The molecule has 0 radical (unpaired) electrons. The molecule has 108 valence electrons. The quantitative estimate of drug-likeness (QED) is 0.909. The fourth-order valence-electron chi connectivity index (χ4n) is 2.37. The second-order valence-electron chi connectivity index (χ2n) is 4.84. The zero-order valence-electron chi connectivity index (χ0n) is 11.9. The Morgan fingerprint density at radius 3 is 2.70 bits per heavy atom. The van der Waals surface area contributed by atoms with Gasteiger partial charge in [0.1, 0.15) is 11.3 Å². The zero-order chi connectivity index (χ0) is 14.8. The van der Waals surface area contributed by atoms with Crippen LogP contribution in [0.2, 0.25) is 0 Å². The number of aryl methyl sites for hydroxylation is 1. The van der Waals surface area contributed by atoms with Crippen LogP contribution in [0.4, 0.5) is 0 Å². The maximum atomic E-state index is 11.1. The Labute approximate surface area is 127 Å². The summed E-state index contributed by atoms with van der Waals surface area (Å²) in [7, 11) is 1.59. The average molecular weight is 339 g/mol. The number of aliphatic hydroxyl groups is 1. The molecule has 20 heavy (non-hydrogen) atoms. The van der Waals surface area contributed by atoms with Gasteiger partial charge >= 0.3 is 0 Å². The summed E-state index contributed by atoms with van der Waals surface area (Å²) in [5.41, 5.74) is 0.279. The van der Waals surface area contributed by atoms with Crippen LogP contribution in [-0.2, 0) is 12.1 Å². The first-order valence-corrected chi connectivity index (χ1v) is 7.39. The van der Waals surface area contributed by atoms with E-state index in [1.54, 1.807) is 24.9 Å². The van der Waals surface area contributed by atoms with E-state index in [2.05, 4.69) is 28.0 Å². The number of halogens is 1. The average Bonchev–Trinajstić information content (AvgIpc) is 2.83. The molecule has 5 heteroatoms. The lowest BCUT2D eigenvalue weighted by molar-refractivity contribution is 0.0874. The molecule has 0 amide bonds. The lowest BCUT2D eigenvalue weighted by Gasteiger charge is -2.27. The van der Waals surface area contributed by atoms with Gasteiger partial charge in [0.15, 0.2) is 5.75 Å². The Morgan fingerprint density at radius 1 is 1.40 bits per heavy atom. The van der Waals surface area contributed by atoms with E-state index in [-0.39, 0.29) is 0 Å². The van der Waals surface area contributed by atoms with Gasteiger partial charge in [0.2, 0.25) is 0 Å². The van der Waals surface area contributed by atoms with E-state index in [9.17, 15) is 5.11 Å². The number of ether oxygens (including phenoxy) is 1. The highest BCUT2D eigenvalue weighted by Crippen LogP contribution is 2.38. The van der Waals surface area contributed by atoms with Crippen molar-refractivity contribution in [3.63, 3.8) is 0 Å². The van der Waals surface area contributed by atoms with Crippen LogP contribution in [0.3, 0.4) is 0 Å². The molecule has 0 fully saturated rings. The number of aromatic nitrogens is 2. The number of nitrogens with zero attached hydrogens (tertiary/aromatic N) is 2. The van der Waals surface area contributed by atoms with Crippen LogP contribution in [0.1, 0.15) is 31.5 Å². The summed E-state index contributed by atoms with van der Waals surface area (Å²) in [4.78, 5) is 0. The molecule has 1 unspecified atom stereocenters. The first-order valence-electron chi connectivity index (χ1n) is 6.60. The predicted octanol–water partition coefficient (Wildman–Crippen LogP) is 3.32. The highest BCUT2D eigenvalue weighted by molar-refractivity contribution is 9.10.